The number of hydrogen-bond acceptors (Lipinski definition) is 6. The van der Waals surface area contributed by atoms with Gasteiger partial charge in [-0.15, -0.1) is 11.3 Å². The van der Waals surface area contributed by atoms with Gasteiger partial charge in [0.1, 0.15) is 18.0 Å². The Hall–Kier alpha value is -3.23. The van der Waals surface area contributed by atoms with Gasteiger partial charge in [-0.2, -0.15) is 5.10 Å². The molecule has 152 valence electrons. The minimum absolute atomic E-state index is 0.277. The number of carbonyl (C=O) groups is 1. The Labute approximate surface area is 180 Å². The number of rotatable bonds is 5. The van der Waals surface area contributed by atoms with Crippen molar-refractivity contribution >= 4 is 44.7 Å². The lowest BCUT2D eigenvalue weighted by atomic mass is 10.1. The molecule has 0 spiro atoms. The lowest BCUT2D eigenvalue weighted by Crippen LogP contribution is -2.30. The molecular weight excluding hydrogens is 424 g/mol. The van der Waals surface area contributed by atoms with E-state index in [-0.39, 0.29) is 6.54 Å². The standard InChI is InChI=1S/C21H17ClN4O3S/c1-12-23-19-20(30-12)18(13-6-4-3-5-7-13)25-26(21(19)28)11-17(27)24-15-10-14(22)8-9-16(15)29-2/h3-10H,11H2,1-2H3,(H,24,27). The van der Waals surface area contributed by atoms with Crippen molar-refractivity contribution in [2.75, 3.05) is 12.4 Å². The summed E-state index contributed by atoms with van der Waals surface area (Å²) in [6.07, 6.45) is 0. The van der Waals surface area contributed by atoms with Gasteiger partial charge in [0, 0.05) is 10.6 Å². The molecule has 0 fully saturated rings. The van der Waals surface area contributed by atoms with E-state index in [1.165, 1.54) is 18.4 Å². The van der Waals surface area contributed by atoms with Crippen LogP contribution in [0, 0.1) is 6.92 Å². The number of methoxy groups -OCH3 is 1. The first-order valence-corrected chi connectivity index (χ1v) is 10.2. The van der Waals surface area contributed by atoms with Gasteiger partial charge >= 0.3 is 0 Å². The number of ether oxygens (including phenoxy) is 1. The number of aryl methyl sites for hydroxylation is 1. The molecule has 1 amide bonds. The second kappa shape index (κ2) is 8.25. The van der Waals surface area contributed by atoms with E-state index in [0.717, 1.165) is 15.3 Å². The highest BCUT2D eigenvalue weighted by Gasteiger charge is 2.18. The SMILES string of the molecule is COc1ccc(Cl)cc1NC(=O)Cn1nc(-c2ccccc2)c2sc(C)nc2c1=O. The molecule has 0 aliphatic rings. The number of thiazole rings is 1. The highest BCUT2D eigenvalue weighted by atomic mass is 35.5. The molecule has 1 N–H and O–H groups in total. The first-order chi connectivity index (χ1) is 14.5. The monoisotopic (exact) mass is 440 g/mol. The molecule has 0 unspecified atom stereocenters. The van der Waals surface area contributed by atoms with Crippen LogP contribution in [-0.4, -0.2) is 27.8 Å². The predicted molar refractivity (Wildman–Crippen MR) is 118 cm³/mol. The molecule has 2 aromatic heterocycles. The number of amides is 1. The van der Waals surface area contributed by atoms with Gasteiger partial charge in [-0.25, -0.2) is 9.67 Å². The van der Waals surface area contributed by atoms with Crippen LogP contribution in [0.1, 0.15) is 5.01 Å². The lowest BCUT2D eigenvalue weighted by molar-refractivity contribution is -0.117. The predicted octanol–water partition coefficient (Wildman–Crippen LogP) is 4.13. The molecule has 7 nitrogen and oxygen atoms in total. The van der Waals surface area contributed by atoms with E-state index in [0.29, 0.717) is 32.4 Å². The average Bonchev–Trinajstić information content (AvgIpc) is 3.13. The number of hydrogen-bond donors (Lipinski definition) is 1. The van der Waals surface area contributed by atoms with Crippen molar-refractivity contribution in [2.45, 2.75) is 13.5 Å². The zero-order chi connectivity index (χ0) is 21.3. The van der Waals surface area contributed by atoms with Crippen LogP contribution in [-0.2, 0) is 11.3 Å². The van der Waals surface area contributed by atoms with Crippen molar-refractivity contribution in [3.63, 3.8) is 0 Å². The Morgan fingerprint density at radius 2 is 2.00 bits per heavy atom. The summed E-state index contributed by atoms with van der Waals surface area (Å²) < 4.78 is 7.09. The highest BCUT2D eigenvalue weighted by molar-refractivity contribution is 7.19. The van der Waals surface area contributed by atoms with Gasteiger partial charge in [-0.05, 0) is 25.1 Å². The lowest BCUT2D eigenvalue weighted by Gasteiger charge is -2.12. The number of nitrogens with zero attached hydrogens (tertiary/aromatic N) is 3. The maximum Gasteiger partial charge on any atom is 0.294 e. The fourth-order valence-corrected chi connectivity index (χ4v) is 4.15. The summed E-state index contributed by atoms with van der Waals surface area (Å²) in [6.45, 7) is 1.56. The van der Waals surface area contributed by atoms with Gasteiger partial charge in [0.2, 0.25) is 5.91 Å². The van der Waals surface area contributed by atoms with Crippen LogP contribution in [0.5, 0.6) is 5.75 Å². The zero-order valence-electron chi connectivity index (χ0n) is 16.2. The van der Waals surface area contributed by atoms with Gasteiger partial charge < -0.3 is 10.1 Å². The maximum absolute atomic E-state index is 12.9. The number of fused-ring (bicyclic) bond motifs is 1. The number of halogens is 1. The third-order valence-corrected chi connectivity index (χ3v) is 5.60. The Balaban J connectivity index is 1.73. The summed E-state index contributed by atoms with van der Waals surface area (Å²) >= 11 is 7.42. The van der Waals surface area contributed by atoms with Gasteiger partial charge in [0.25, 0.3) is 5.56 Å². The quantitative estimate of drug-likeness (QED) is 0.504. The minimum Gasteiger partial charge on any atom is -0.495 e. The van der Waals surface area contributed by atoms with E-state index in [1.807, 2.05) is 37.3 Å². The van der Waals surface area contributed by atoms with Crippen LogP contribution in [0.4, 0.5) is 5.69 Å². The molecule has 2 aromatic carbocycles. The summed E-state index contributed by atoms with van der Waals surface area (Å²) in [5.74, 6) is 0.0269. The highest BCUT2D eigenvalue weighted by Crippen LogP contribution is 2.30. The topological polar surface area (TPSA) is 86.1 Å². The molecule has 0 saturated carbocycles. The van der Waals surface area contributed by atoms with E-state index in [2.05, 4.69) is 15.4 Å². The summed E-state index contributed by atoms with van der Waals surface area (Å²) in [5.41, 5.74) is 1.76. The zero-order valence-corrected chi connectivity index (χ0v) is 17.8. The van der Waals surface area contributed by atoms with Crippen LogP contribution < -0.4 is 15.6 Å². The van der Waals surface area contributed by atoms with Crippen molar-refractivity contribution < 1.29 is 9.53 Å². The molecular formula is C21H17ClN4O3S. The van der Waals surface area contributed by atoms with Gasteiger partial charge in [0.15, 0.2) is 5.52 Å². The summed E-state index contributed by atoms with van der Waals surface area (Å²) in [4.78, 5) is 30.0. The van der Waals surface area contributed by atoms with E-state index in [4.69, 9.17) is 16.3 Å². The number of aromatic nitrogens is 3. The second-order valence-electron chi connectivity index (χ2n) is 6.48. The normalized spacial score (nSPS) is 10.9. The molecule has 0 bridgehead atoms. The Morgan fingerprint density at radius 1 is 1.23 bits per heavy atom. The molecule has 4 aromatic rings. The van der Waals surface area contributed by atoms with Crippen LogP contribution in [0.15, 0.2) is 53.3 Å². The molecule has 4 rings (SSSR count). The van der Waals surface area contributed by atoms with E-state index in [9.17, 15) is 9.59 Å². The van der Waals surface area contributed by atoms with E-state index >= 15 is 0 Å². The van der Waals surface area contributed by atoms with Crippen molar-refractivity contribution in [1.29, 1.82) is 0 Å². The Morgan fingerprint density at radius 3 is 2.73 bits per heavy atom. The van der Waals surface area contributed by atoms with Crippen molar-refractivity contribution in [3.8, 4) is 17.0 Å². The third-order valence-electron chi connectivity index (χ3n) is 4.38. The smallest absolute Gasteiger partial charge is 0.294 e. The molecule has 2 heterocycles. The molecule has 30 heavy (non-hydrogen) atoms. The molecule has 9 heteroatoms. The van der Waals surface area contributed by atoms with Crippen molar-refractivity contribution in [2.24, 2.45) is 0 Å². The third kappa shape index (κ3) is 3.92. The molecule has 0 saturated heterocycles. The first kappa shape index (κ1) is 20.1. The number of benzene rings is 2. The van der Waals surface area contributed by atoms with Gasteiger partial charge in [-0.1, -0.05) is 41.9 Å². The van der Waals surface area contributed by atoms with E-state index < -0.39 is 11.5 Å². The molecule has 0 atom stereocenters. The van der Waals surface area contributed by atoms with Crippen LogP contribution in [0.3, 0.4) is 0 Å². The van der Waals surface area contributed by atoms with Crippen LogP contribution in [0.2, 0.25) is 5.02 Å². The maximum atomic E-state index is 12.9. The number of anilines is 1. The summed E-state index contributed by atoms with van der Waals surface area (Å²) in [7, 11) is 1.50. The van der Waals surface area contributed by atoms with Gasteiger partial charge in [-0.3, -0.25) is 9.59 Å². The average molecular weight is 441 g/mol. The largest absolute Gasteiger partial charge is 0.495 e. The fourth-order valence-electron chi connectivity index (χ4n) is 3.06. The summed E-state index contributed by atoms with van der Waals surface area (Å²) in [6, 6.07) is 14.4. The molecule has 0 radical (unpaired) electrons. The van der Waals surface area contributed by atoms with Crippen LogP contribution >= 0.6 is 22.9 Å². The molecule has 0 aliphatic carbocycles. The number of carbonyl (C=O) groups excluding carboxylic acids is 1. The van der Waals surface area contributed by atoms with E-state index in [1.54, 1.807) is 18.2 Å². The van der Waals surface area contributed by atoms with Crippen molar-refractivity contribution in [3.05, 3.63) is 68.9 Å². The second-order valence-corrected chi connectivity index (χ2v) is 8.12. The first-order valence-electron chi connectivity index (χ1n) is 9.03. The van der Waals surface area contributed by atoms with Crippen molar-refractivity contribution in [1.82, 2.24) is 14.8 Å². The van der Waals surface area contributed by atoms with Crippen LogP contribution in [0.25, 0.3) is 21.5 Å². The summed E-state index contributed by atoms with van der Waals surface area (Å²) in [5, 5.41) is 8.41. The Kier molecular flexibility index (Phi) is 5.52. The molecule has 0 aliphatic heterocycles. The fraction of sp³-hybridized carbons (Fsp3) is 0.143. The Bertz CT molecular complexity index is 1300. The minimum atomic E-state index is -0.435. The number of nitrogens with one attached hydrogen (secondary N) is 1. The van der Waals surface area contributed by atoms with Gasteiger partial charge in [0.05, 0.1) is 22.5 Å².